The third-order valence-corrected chi connectivity index (χ3v) is 2.76. The van der Waals surface area contributed by atoms with Crippen molar-refractivity contribution in [2.45, 2.75) is 26.1 Å². The summed E-state index contributed by atoms with van der Waals surface area (Å²) in [7, 11) is 0. The first-order chi connectivity index (χ1) is 6.38. The number of hydrogen-bond donors (Lipinski definition) is 1. The maximum Gasteiger partial charge on any atom is 0.401 e. The number of hydrogen-bond acceptors (Lipinski definition) is 3. The van der Waals surface area contributed by atoms with E-state index < -0.39 is 12.7 Å². The Balaban J connectivity index is 2.47. The van der Waals surface area contributed by atoms with Gasteiger partial charge in [-0.25, -0.2) is 4.98 Å². The number of alkyl halides is 3. The number of halogens is 3. The molecule has 2 nitrogen and oxygen atoms in total. The van der Waals surface area contributed by atoms with Gasteiger partial charge in [0.2, 0.25) is 0 Å². The van der Waals surface area contributed by atoms with Gasteiger partial charge in [0.05, 0.1) is 12.6 Å². The molecule has 0 spiro atoms. The predicted molar refractivity (Wildman–Crippen MR) is 49.3 cm³/mol. The topological polar surface area (TPSA) is 24.9 Å². The van der Waals surface area contributed by atoms with Crippen LogP contribution in [0.5, 0.6) is 0 Å². The highest BCUT2D eigenvalue weighted by atomic mass is 32.1. The molecule has 0 radical (unpaired) electrons. The number of nitrogens with one attached hydrogen (secondary N) is 1. The van der Waals surface area contributed by atoms with Crippen LogP contribution >= 0.6 is 11.3 Å². The van der Waals surface area contributed by atoms with E-state index in [1.165, 1.54) is 11.3 Å². The van der Waals surface area contributed by atoms with Gasteiger partial charge in [0.1, 0.15) is 5.01 Å². The van der Waals surface area contributed by atoms with Crippen molar-refractivity contribution in [1.82, 2.24) is 10.3 Å². The molecule has 0 aliphatic rings. The Bertz CT molecular complexity index is 295. The smallest absolute Gasteiger partial charge is 0.300 e. The molecule has 1 heterocycles. The minimum absolute atomic E-state index is 0.352. The first kappa shape index (κ1) is 11.5. The Labute approximate surface area is 84.2 Å². The number of aryl methyl sites for hydroxylation is 1. The molecule has 0 fully saturated rings. The van der Waals surface area contributed by atoms with E-state index in [-0.39, 0.29) is 6.04 Å². The maximum atomic E-state index is 11.9. The van der Waals surface area contributed by atoms with E-state index in [9.17, 15) is 13.2 Å². The monoisotopic (exact) mass is 224 g/mol. The summed E-state index contributed by atoms with van der Waals surface area (Å²) < 4.78 is 35.6. The van der Waals surface area contributed by atoms with Crippen molar-refractivity contribution >= 4 is 11.3 Å². The molecule has 80 valence electrons. The lowest BCUT2D eigenvalue weighted by Gasteiger charge is -2.12. The summed E-state index contributed by atoms with van der Waals surface area (Å²) in [5.74, 6) is 0. The van der Waals surface area contributed by atoms with Crippen LogP contribution in [0.1, 0.15) is 23.7 Å². The molecular formula is C8H11F3N2S. The summed E-state index contributed by atoms with van der Waals surface area (Å²) in [5, 5.41) is 4.88. The third-order valence-electron chi connectivity index (χ3n) is 1.62. The van der Waals surface area contributed by atoms with Crippen molar-refractivity contribution in [2.24, 2.45) is 0 Å². The number of rotatable bonds is 3. The summed E-state index contributed by atoms with van der Waals surface area (Å²) in [4.78, 5) is 4.10. The molecule has 0 saturated carbocycles. The van der Waals surface area contributed by atoms with Crippen molar-refractivity contribution in [3.8, 4) is 0 Å². The molecule has 1 atom stereocenters. The van der Waals surface area contributed by atoms with Crippen LogP contribution in [0.25, 0.3) is 0 Å². The standard InChI is InChI=1S/C8H11F3N2S/c1-5-3-14-7(13-5)6(2)12-4-8(9,10)11/h3,6,12H,4H2,1-2H3. The molecule has 0 bridgehead atoms. The van der Waals surface area contributed by atoms with Gasteiger partial charge in [-0.05, 0) is 13.8 Å². The summed E-state index contributed by atoms with van der Waals surface area (Å²) in [6.07, 6.45) is -4.17. The zero-order valence-corrected chi connectivity index (χ0v) is 8.67. The summed E-state index contributed by atoms with van der Waals surface area (Å²) >= 11 is 1.37. The van der Waals surface area contributed by atoms with Gasteiger partial charge in [0.25, 0.3) is 0 Å². The minimum atomic E-state index is -4.17. The summed E-state index contributed by atoms with van der Waals surface area (Å²) in [5.41, 5.74) is 0.839. The Hall–Kier alpha value is -0.620. The first-order valence-corrected chi connectivity index (χ1v) is 4.98. The van der Waals surface area contributed by atoms with Gasteiger partial charge in [0.15, 0.2) is 0 Å². The lowest BCUT2D eigenvalue weighted by molar-refractivity contribution is -0.126. The summed E-state index contributed by atoms with van der Waals surface area (Å²) in [6.45, 7) is 2.51. The lowest BCUT2D eigenvalue weighted by Crippen LogP contribution is -2.30. The second-order valence-corrected chi connectivity index (χ2v) is 3.93. The van der Waals surface area contributed by atoms with E-state index in [1.807, 2.05) is 12.3 Å². The van der Waals surface area contributed by atoms with Crippen LogP contribution in [0.4, 0.5) is 13.2 Å². The molecule has 0 aliphatic carbocycles. The first-order valence-electron chi connectivity index (χ1n) is 4.10. The van der Waals surface area contributed by atoms with Crippen molar-refractivity contribution in [1.29, 1.82) is 0 Å². The third kappa shape index (κ3) is 3.63. The highest BCUT2D eigenvalue weighted by molar-refractivity contribution is 7.09. The SMILES string of the molecule is Cc1csc(C(C)NCC(F)(F)F)n1. The lowest BCUT2D eigenvalue weighted by atomic mass is 10.3. The molecule has 0 aliphatic heterocycles. The molecule has 0 saturated heterocycles. The van der Waals surface area contributed by atoms with E-state index in [0.29, 0.717) is 5.01 Å². The predicted octanol–water partition coefficient (Wildman–Crippen LogP) is 2.66. The molecule has 1 N–H and O–H groups in total. The molecule has 0 aromatic carbocycles. The number of aromatic nitrogens is 1. The second-order valence-electron chi connectivity index (χ2n) is 3.04. The Morgan fingerprint density at radius 2 is 2.21 bits per heavy atom. The van der Waals surface area contributed by atoms with Gasteiger partial charge in [-0.15, -0.1) is 11.3 Å². The Kier molecular flexibility index (Phi) is 3.49. The van der Waals surface area contributed by atoms with Crippen LogP contribution < -0.4 is 5.32 Å². The van der Waals surface area contributed by atoms with Crippen molar-refractivity contribution < 1.29 is 13.2 Å². The van der Waals surface area contributed by atoms with Crippen molar-refractivity contribution in [2.75, 3.05) is 6.54 Å². The number of nitrogens with zero attached hydrogens (tertiary/aromatic N) is 1. The van der Waals surface area contributed by atoms with Gasteiger partial charge in [0, 0.05) is 11.1 Å². The molecule has 6 heteroatoms. The Morgan fingerprint density at radius 3 is 2.64 bits per heavy atom. The molecule has 14 heavy (non-hydrogen) atoms. The Morgan fingerprint density at radius 1 is 1.57 bits per heavy atom. The molecular weight excluding hydrogens is 213 g/mol. The average Bonchev–Trinajstić information content (AvgIpc) is 2.46. The van der Waals surface area contributed by atoms with Gasteiger partial charge >= 0.3 is 6.18 Å². The van der Waals surface area contributed by atoms with E-state index in [0.717, 1.165) is 5.69 Å². The fourth-order valence-corrected chi connectivity index (χ4v) is 1.76. The molecule has 1 unspecified atom stereocenters. The highest BCUT2D eigenvalue weighted by Gasteiger charge is 2.27. The normalized spacial score (nSPS) is 14.4. The zero-order chi connectivity index (χ0) is 10.8. The second kappa shape index (κ2) is 4.27. The zero-order valence-electron chi connectivity index (χ0n) is 7.85. The van der Waals surface area contributed by atoms with Gasteiger partial charge < -0.3 is 0 Å². The van der Waals surface area contributed by atoms with Crippen molar-refractivity contribution in [3.05, 3.63) is 16.1 Å². The minimum Gasteiger partial charge on any atom is -0.300 e. The highest BCUT2D eigenvalue weighted by Crippen LogP contribution is 2.19. The van der Waals surface area contributed by atoms with E-state index in [1.54, 1.807) is 6.92 Å². The van der Waals surface area contributed by atoms with Crippen LogP contribution in [0.2, 0.25) is 0 Å². The van der Waals surface area contributed by atoms with E-state index in [4.69, 9.17) is 0 Å². The van der Waals surface area contributed by atoms with Gasteiger partial charge in [-0.2, -0.15) is 13.2 Å². The van der Waals surface area contributed by atoms with Gasteiger partial charge in [-0.1, -0.05) is 0 Å². The van der Waals surface area contributed by atoms with Crippen LogP contribution in [0.15, 0.2) is 5.38 Å². The quantitative estimate of drug-likeness (QED) is 0.853. The number of thiazole rings is 1. The van der Waals surface area contributed by atoms with Crippen LogP contribution in [0.3, 0.4) is 0 Å². The summed E-state index contributed by atoms with van der Waals surface area (Å²) in [6, 6.07) is -0.352. The molecule has 1 aromatic rings. The van der Waals surface area contributed by atoms with Gasteiger partial charge in [-0.3, -0.25) is 5.32 Å². The van der Waals surface area contributed by atoms with E-state index in [2.05, 4.69) is 10.3 Å². The average molecular weight is 224 g/mol. The van der Waals surface area contributed by atoms with E-state index >= 15 is 0 Å². The van der Waals surface area contributed by atoms with Crippen molar-refractivity contribution in [3.63, 3.8) is 0 Å². The van der Waals surface area contributed by atoms with Crippen LogP contribution in [-0.4, -0.2) is 17.7 Å². The fraction of sp³-hybridized carbons (Fsp3) is 0.625. The maximum absolute atomic E-state index is 11.9. The largest absolute Gasteiger partial charge is 0.401 e. The van der Waals surface area contributed by atoms with Crippen LogP contribution in [0, 0.1) is 6.92 Å². The fourth-order valence-electron chi connectivity index (χ4n) is 0.927. The van der Waals surface area contributed by atoms with Crippen LogP contribution in [-0.2, 0) is 0 Å². The molecule has 0 amide bonds. The molecule has 1 aromatic heterocycles. The molecule has 1 rings (SSSR count).